The molecule has 2 amide bonds. The van der Waals surface area contributed by atoms with Crippen molar-refractivity contribution < 1.29 is 27.5 Å². The number of urea groups is 1. The Bertz CT molecular complexity index is 2270. The smallest absolute Gasteiger partial charge is 0.323 e. The molecule has 1 heterocycles. The number of carbonyl (C=O) groups is 2. The average molecular weight is 692 g/mol. The summed E-state index contributed by atoms with van der Waals surface area (Å²) in [5.74, 6) is 3.95. The minimum absolute atomic E-state index is 0.0887. The van der Waals surface area contributed by atoms with Crippen molar-refractivity contribution in [1.29, 1.82) is 0 Å². The molecule has 4 aromatic carbocycles. The lowest BCUT2D eigenvalue weighted by Gasteiger charge is -2.24. The van der Waals surface area contributed by atoms with Crippen molar-refractivity contribution in [1.82, 2.24) is 9.97 Å². The van der Waals surface area contributed by atoms with Gasteiger partial charge in [-0.2, -0.15) is 4.98 Å². The second kappa shape index (κ2) is 14.3. The average Bonchev–Trinajstić information content (AvgIpc) is 3.04. The monoisotopic (exact) mass is 691 g/mol. The number of aromatic nitrogens is 2. The lowest BCUT2D eigenvalue weighted by molar-refractivity contribution is 0.101. The van der Waals surface area contributed by atoms with Crippen LogP contribution in [0.2, 0.25) is 0 Å². The van der Waals surface area contributed by atoms with Gasteiger partial charge in [0.1, 0.15) is 11.6 Å². The zero-order valence-corrected chi connectivity index (χ0v) is 29.4. The van der Waals surface area contributed by atoms with Gasteiger partial charge in [0.25, 0.3) is 0 Å². The largest absolute Gasteiger partial charge is 0.492 e. The van der Waals surface area contributed by atoms with Gasteiger partial charge in [-0.05, 0) is 65.9 Å². The van der Waals surface area contributed by atoms with Crippen LogP contribution in [-0.4, -0.2) is 43.6 Å². The van der Waals surface area contributed by atoms with Gasteiger partial charge in [-0.1, -0.05) is 51.0 Å². The molecule has 0 radical (unpaired) electrons. The van der Waals surface area contributed by atoms with Gasteiger partial charge in [0.15, 0.2) is 11.5 Å². The highest BCUT2D eigenvalue weighted by Gasteiger charge is 2.22. The molecule has 0 aliphatic rings. The molecule has 0 aliphatic heterocycles. The number of benzene rings is 4. The van der Waals surface area contributed by atoms with E-state index in [9.17, 15) is 18.0 Å². The first-order valence-corrected chi connectivity index (χ1v) is 17.4. The molecule has 0 spiro atoms. The molecule has 12 heteroatoms. The fourth-order valence-corrected chi connectivity index (χ4v) is 5.84. The van der Waals surface area contributed by atoms with Crippen molar-refractivity contribution in [3.8, 4) is 29.7 Å². The number of nitrogens with zero attached hydrogens (tertiary/aromatic N) is 2. The van der Waals surface area contributed by atoms with E-state index in [0.717, 1.165) is 17.4 Å². The minimum Gasteiger partial charge on any atom is -0.492 e. The van der Waals surface area contributed by atoms with Crippen molar-refractivity contribution in [3.63, 3.8) is 0 Å². The Morgan fingerprint density at radius 2 is 1.62 bits per heavy atom. The number of rotatable bonds is 10. The van der Waals surface area contributed by atoms with Gasteiger partial charge in [-0.15, -0.1) is 6.42 Å². The zero-order chi connectivity index (χ0) is 36.2. The van der Waals surface area contributed by atoms with E-state index >= 15 is 0 Å². The minimum atomic E-state index is -3.64. The zero-order valence-electron chi connectivity index (χ0n) is 28.5. The van der Waals surface area contributed by atoms with Crippen LogP contribution < -0.4 is 24.8 Å². The van der Waals surface area contributed by atoms with Crippen LogP contribution in [0.5, 0.6) is 17.4 Å². The van der Waals surface area contributed by atoms with Crippen molar-refractivity contribution in [2.75, 3.05) is 28.7 Å². The van der Waals surface area contributed by atoms with Gasteiger partial charge in [0, 0.05) is 40.6 Å². The van der Waals surface area contributed by atoms with E-state index in [1.165, 1.54) is 14.0 Å². The summed E-state index contributed by atoms with van der Waals surface area (Å²) >= 11 is 0. The summed E-state index contributed by atoms with van der Waals surface area (Å²) in [7, 11) is -2.24. The summed E-state index contributed by atoms with van der Waals surface area (Å²) in [6.07, 6.45) is 8.57. The number of carbonyl (C=O) groups excluding carboxylic acids is 2. The van der Waals surface area contributed by atoms with Crippen LogP contribution in [-0.2, 0) is 21.9 Å². The first-order valence-electron chi connectivity index (χ1n) is 15.5. The Morgan fingerprint density at radius 1 is 0.920 bits per heavy atom. The van der Waals surface area contributed by atoms with Crippen LogP contribution in [0.25, 0.3) is 10.8 Å². The van der Waals surface area contributed by atoms with Gasteiger partial charge < -0.3 is 20.1 Å². The summed E-state index contributed by atoms with van der Waals surface area (Å²) in [6, 6.07) is 20.6. The third-order valence-electron chi connectivity index (χ3n) is 7.66. The van der Waals surface area contributed by atoms with E-state index in [4.69, 9.17) is 15.9 Å². The Balaban J connectivity index is 1.40. The van der Waals surface area contributed by atoms with Crippen LogP contribution in [0.4, 0.5) is 21.9 Å². The van der Waals surface area contributed by atoms with E-state index in [0.29, 0.717) is 51.5 Å². The molecule has 0 aliphatic carbocycles. The number of Topliss-reactive ketones (excluding diaryl/α,β-unsaturated/α-hetero) is 1. The SMILES string of the molecule is C#Cc1cc(Cc2nccc(Oc3ccc(NC(=O)Nc4cc(C(C)(C)C)cc(NS(C)(=O)=O)c4OC)c4ccccc34)n2)cc(C(C)=O)c1. The van der Waals surface area contributed by atoms with Crippen LogP contribution >= 0.6 is 0 Å². The highest BCUT2D eigenvalue weighted by Crippen LogP contribution is 2.40. The molecule has 50 heavy (non-hydrogen) atoms. The van der Waals surface area contributed by atoms with E-state index < -0.39 is 16.1 Å². The molecule has 1 aromatic heterocycles. The molecule has 3 N–H and O–H groups in total. The van der Waals surface area contributed by atoms with Crippen molar-refractivity contribution in [3.05, 3.63) is 107 Å². The lowest BCUT2D eigenvalue weighted by atomic mass is 9.86. The molecule has 0 unspecified atom stereocenters. The fourth-order valence-electron chi connectivity index (χ4n) is 5.29. The number of ether oxygens (including phenoxy) is 2. The Kier molecular flexibility index (Phi) is 10.1. The maximum absolute atomic E-state index is 13.4. The molecule has 11 nitrogen and oxygen atoms in total. The number of hydrogen-bond acceptors (Lipinski definition) is 8. The first-order chi connectivity index (χ1) is 23.6. The quantitative estimate of drug-likeness (QED) is 0.101. The predicted octanol–water partition coefficient (Wildman–Crippen LogP) is 7.52. The van der Waals surface area contributed by atoms with Crippen molar-refractivity contribution in [2.24, 2.45) is 0 Å². The summed E-state index contributed by atoms with van der Waals surface area (Å²) in [5.41, 5.74) is 3.33. The molecule has 0 atom stereocenters. The number of hydrogen-bond donors (Lipinski definition) is 3. The van der Waals surface area contributed by atoms with Gasteiger partial charge in [-0.25, -0.2) is 18.2 Å². The number of methoxy groups -OCH3 is 1. The summed E-state index contributed by atoms with van der Waals surface area (Å²) in [6.45, 7) is 7.42. The van der Waals surface area contributed by atoms with E-state index in [1.807, 2.05) is 51.1 Å². The van der Waals surface area contributed by atoms with Gasteiger partial charge in [0.05, 0.1) is 30.4 Å². The molecule has 256 valence electrons. The number of terminal acetylenes is 1. The maximum atomic E-state index is 13.4. The number of ketones is 1. The highest BCUT2D eigenvalue weighted by molar-refractivity contribution is 7.92. The van der Waals surface area contributed by atoms with Crippen LogP contribution in [0.1, 0.15) is 60.6 Å². The number of fused-ring (bicyclic) bond motifs is 1. The van der Waals surface area contributed by atoms with Crippen LogP contribution in [0.15, 0.2) is 79.0 Å². The Morgan fingerprint density at radius 3 is 2.28 bits per heavy atom. The standard InChI is InChI=1S/C38H37N5O6S/c1-8-24-17-25(19-26(18-24)23(2)44)20-34-39-16-15-35(42-34)49-33-14-13-30(28-11-9-10-12-29(28)33)40-37(45)41-31-21-27(38(3,4)5)22-32(36(31)48-6)43-50(7,46)47/h1,9-19,21-22,43H,20H2,2-7H3,(H2,40,41,45). The second-order valence-corrected chi connectivity index (χ2v) is 14.4. The summed E-state index contributed by atoms with van der Waals surface area (Å²) in [4.78, 5) is 34.4. The first kappa shape index (κ1) is 35.4. The van der Waals surface area contributed by atoms with Gasteiger partial charge >= 0.3 is 6.03 Å². The Labute approximate surface area is 291 Å². The molecular formula is C38H37N5O6S. The van der Waals surface area contributed by atoms with Crippen molar-refractivity contribution >= 4 is 49.7 Å². The molecule has 0 saturated carbocycles. The van der Waals surface area contributed by atoms with Crippen LogP contribution in [0, 0.1) is 12.3 Å². The molecule has 5 rings (SSSR count). The van der Waals surface area contributed by atoms with Gasteiger partial charge in [0.2, 0.25) is 15.9 Å². The third kappa shape index (κ3) is 8.56. The summed E-state index contributed by atoms with van der Waals surface area (Å²) < 4.78 is 38.5. The van der Waals surface area contributed by atoms with Crippen molar-refractivity contribution in [2.45, 2.75) is 39.5 Å². The molecule has 5 aromatic rings. The molecule has 0 fully saturated rings. The number of amides is 2. The molecule has 0 bridgehead atoms. The molecular weight excluding hydrogens is 655 g/mol. The number of nitrogens with one attached hydrogen (secondary N) is 3. The van der Waals surface area contributed by atoms with E-state index in [-0.39, 0.29) is 28.3 Å². The Hall–Kier alpha value is -5.93. The predicted molar refractivity (Wildman–Crippen MR) is 196 cm³/mol. The molecule has 0 saturated heterocycles. The van der Waals surface area contributed by atoms with Gasteiger partial charge in [-0.3, -0.25) is 9.52 Å². The lowest BCUT2D eigenvalue weighted by Crippen LogP contribution is -2.22. The van der Waals surface area contributed by atoms with Crippen LogP contribution in [0.3, 0.4) is 0 Å². The maximum Gasteiger partial charge on any atom is 0.323 e. The van der Waals surface area contributed by atoms with E-state index in [2.05, 4.69) is 31.2 Å². The highest BCUT2D eigenvalue weighted by atomic mass is 32.2. The summed E-state index contributed by atoms with van der Waals surface area (Å²) in [5, 5.41) is 7.13. The third-order valence-corrected chi connectivity index (χ3v) is 8.25. The number of sulfonamides is 1. The second-order valence-electron chi connectivity index (χ2n) is 12.7. The van der Waals surface area contributed by atoms with E-state index in [1.54, 1.807) is 48.7 Å². The topological polar surface area (TPSA) is 149 Å². The number of anilines is 3. The fraction of sp³-hybridized carbons (Fsp3) is 0.211. The normalized spacial score (nSPS) is 11.4.